The number of fused-ring (bicyclic) bond motifs is 1. The Morgan fingerprint density at radius 3 is 1.95 bits per heavy atom. The lowest BCUT2D eigenvalue weighted by atomic mass is 9.97. The predicted octanol–water partition coefficient (Wildman–Crippen LogP) is -2.71. The van der Waals surface area contributed by atoms with Gasteiger partial charge in [0.2, 0.25) is 12.0 Å². The van der Waals surface area contributed by atoms with Crippen molar-refractivity contribution in [1.82, 2.24) is 0 Å². The molecule has 1 aromatic heterocycles. The Labute approximate surface area is 246 Å². The highest BCUT2D eigenvalue weighted by Gasteiger charge is 2.51. The minimum Gasteiger partial charge on any atom is -0.507 e. The molecule has 2 fully saturated rings. The van der Waals surface area contributed by atoms with Gasteiger partial charge in [0.1, 0.15) is 59.6 Å². The summed E-state index contributed by atoms with van der Waals surface area (Å²) in [7, 11) is 0. The molecule has 0 radical (unpaired) electrons. The third-order valence-electron chi connectivity index (χ3n) is 7.37. The van der Waals surface area contributed by atoms with Crippen molar-refractivity contribution < 1.29 is 79.5 Å². The van der Waals surface area contributed by atoms with Crippen LogP contribution < -0.4 is 10.2 Å². The lowest BCUT2D eigenvalue weighted by Crippen LogP contribution is -2.65. The summed E-state index contributed by atoms with van der Waals surface area (Å²) < 4.78 is 28.0. The van der Waals surface area contributed by atoms with Gasteiger partial charge in [0.25, 0.3) is 0 Å². The van der Waals surface area contributed by atoms with E-state index in [0.29, 0.717) is 0 Å². The summed E-state index contributed by atoms with van der Waals surface area (Å²) in [5, 5.41) is 112. The van der Waals surface area contributed by atoms with Crippen molar-refractivity contribution in [3.8, 4) is 40.1 Å². The minimum absolute atomic E-state index is 0.0877. The van der Waals surface area contributed by atoms with Crippen molar-refractivity contribution in [1.29, 1.82) is 0 Å². The number of benzene rings is 2. The third kappa shape index (κ3) is 5.61. The molecule has 2 saturated heterocycles. The second-order valence-electron chi connectivity index (χ2n) is 10.2. The van der Waals surface area contributed by atoms with E-state index in [1.165, 1.54) is 6.07 Å². The smallest absolute Gasteiger partial charge is 0.230 e. The number of hydrogen-bond acceptors (Lipinski definition) is 17. The summed E-state index contributed by atoms with van der Waals surface area (Å²) in [6, 6.07) is 5.18. The molecule has 10 unspecified atom stereocenters. The van der Waals surface area contributed by atoms with Gasteiger partial charge in [-0.2, -0.15) is 0 Å². The first-order chi connectivity index (χ1) is 20.9. The average Bonchev–Trinajstić information content (AvgIpc) is 2.99. The Balaban J connectivity index is 1.57. The van der Waals surface area contributed by atoms with Gasteiger partial charge in [0, 0.05) is 17.7 Å². The van der Waals surface area contributed by atoms with Crippen molar-refractivity contribution in [2.24, 2.45) is 0 Å². The van der Waals surface area contributed by atoms with Crippen LogP contribution in [-0.4, -0.2) is 131 Å². The van der Waals surface area contributed by atoms with Gasteiger partial charge in [-0.05, 0) is 18.2 Å². The van der Waals surface area contributed by atoms with Gasteiger partial charge in [-0.25, -0.2) is 0 Å². The second-order valence-corrected chi connectivity index (χ2v) is 10.2. The van der Waals surface area contributed by atoms with Crippen molar-refractivity contribution in [2.75, 3.05) is 13.2 Å². The zero-order valence-electron chi connectivity index (χ0n) is 22.4. The number of hydrogen-bond donors (Lipinski definition) is 11. The molecule has 44 heavy (non-hydrogen) atoms. The first-order valence-corrected chi connectivity index (χ1v) is 13.2. The predicted molar refractivity (Wildman–Crippen MR) is 142 cm³/mol. The van der Waals surface area contributed by atoms with Crippen LogP contribution >= 0.6 is 0 Å². The summed E-state index contributed by atoms with van der Waals surface area (Å²) in [6.45, 7) is -1.66. The molecule has 2 aliphatic heterocycles. The Morgan fingerprint density at radius 2 is 1.32 bits per heavy atom. The van der Waals surface area contributed by atoms with Gasteiger partial charge in [-0.1, -0.05) is 0 Å². The van der Waals surface area contributed by atoms with Gasteiger partial charge >= 0.3 is 0 Å². The summed E-state index contributed by atoms with van der Waals surface area (Å²) >= 11 is 0. The number of ether oxygens (including phenoxy) is 4. The van der Waals surface area contributed by atoms with Gasteiger partial charge in [0.05, 0.1) is 13.2 Å². The molecular weight excluding hydrogens is 596 g/mol. The topological polar surface area (TPSA) is 290 Å². The van der Waals surface area contributed by atoms with Crippen LogP contribution in [0.1, 0.15) is 0 Å². The van der Waals surface area contributed by atoms with E-state index in [-0.39, 0.29) is 11.3 Å². The molecule has 0 spiro atoms. The molecule has 3 aromatic rings. The number of aromatic hydroxyl groups is 4. The molecule has 0 aliphatic carbocycles. The highest BCUT2D eigenvalue weighted by Crippen LogP contribution is 2.43. The van der Waals surface area contributed by atoms with E-state index in [0.717, 1.165) is 24.3 Å². The Kier molecular flexibility index (Phi) is 8.87. The molecule has 10 atom stereocenters. The van der Waals surface area contributed by atoms with E-state index in [1.807, 2.05) is 0 Å². The molecule has 240 valence electrons. The summed E-state index contributed by atoms with van der Waals surface area (Å²) in [4.78, 5) is 13.0. The van der Waals surface area contributed by atoms with Crippen molar-refractivity contribution in [3.63, 3.8) is 0 Å². The molecule has 2 aliphatic rings. The minimum atomic E-state index is -1.95. The third-order valence-corrected chi connectivity index (χ3v) is 7.37. The molecule has 2 aromatic carbocycles. The van der Waals surface area contributed by atoms with Crippen molar-refractivity contribution >= 4 is 11.0 Å². The molecule has 3 heterocycles. The molecule has 17 heteroatoms. The lowest BCUT2D eigenvalue weighted by molar-refractivity contribution is -0.357. The molecule has 0 saturated carbocycles. The van der Waals surface area contributed by atoms with Gasteiger partial charge in [-0.15, -0.1) is 0 Å². The maximum atomic E-state index is 13.0. The quantitative estimate of drug-likeness (QED) is 0.119. The Morgan fingerprint density at radius 1 is 0.682 bits per heavy atom. The maximum absolute atomic E-state index is 13.0. The highest BCUT2D eigenvalue weighted by atomic mass is 16.8. The van der Waals surface area contributed by atoms with Crippen LogP contribution in [0, 0.1) is 0 Å². The standard InChI is InChI=1S/C27H30O17/c28-6-15-18(35)20(37)22(39)26(41-15)44-25-21(38)19(36)16(7-29)42-27(25)43-23-13(34)4-11(32)17-12(33)5-14(40-24(17)23)8-1-2-9(30)10(31)3-8/h1-5,15-16,18-22,25-32,34-39H,6-7H2. The van der Waals surface area contributed by atoms with Crippen molar-refractivity contribution in [3.05, 3.63) is 40.6 Å². The number of aliphatic hydroxyl groups is 7. The van der Waals surface area contributed by atoms with Gasteiger partial charge < -0.3 is 79.5 Å². The second kappa shape index (κ2) is 12.3. The molecule has 5 rings (SSSR count). The van der Waals surface area contributed by atoms with E-state index >= 15 is 0 Å². The van der Waals surface area contributed by atoms with Crippen LogP contribution in [0.25, 0.3) is 22.3 Å². The fourth-order valence-corrected chi connectivity index (χ4v) is 4.96. The fraction of sp³-hybridized carbons (Fsp3) is 0.444. The van der Waals surface area contributed by atoms with Crippen LogP contribution in [-0.2, 0) is 14.2 Å². The lowest BCUT2D eigenvalue weighted by Gasteiger charge is -2.45. The number of aliphatic hydroxyl groups excluding tert-OH is 7. The van der Waals surface area contributed by atoms with E-state index in [9.17, 15) is 61.0 Å². The Hall–Kier alpha value is -3.75. The normalized spacial score (nSPS) is 32.5. The summed E-state index contributed by atoms with van der Waals surface area (Å²) in [6.07, 6.45) is -17.8. The van der Waals surface area contributed by atoms with Crippen LogP contribution in [0.3, 0.4) is 0 Å². The Bertz CT molecular complexity index is 1560. The summed E-state index contributed by atoms with van der Waals surface area (Å²) in [5.74, 6) is -3.43. The van der Waals surface area contributed by atoms with E-state index < -0.39 is 120 Å². The molecular formula is C27H30O17. The van der Waals surface area contributed by atoms with Crippen molar-refractivity contribution in [2.45, 2.75) is 61.4 Å². The molecule has 11 N–H and O–H groups in total. The average molecular weight is 627 g/mol. The number of rotatable bonds is 7. The van der Waals surface area contributed by atoms with Crippen LogP contribution in [0.5, 0.6) is 28.7 Å². The zero-order chi connectivity index (χ0) is 32.0. The molecule has 0 bridgehead atoms. The first-order valence-electron chi connectivity index (χ1n) is 13.2. The number of phenolic OH excluding ortho intramolecular Hbond substituents is 4. The van der Waals surface area contributed by atoms with Gasteiger partial charge in [-0.3, -0.25) is 4.79 Å². The van der Waals surface area contributed by atoms with Crippen LogP contribution in [0.2, 0.25) is 0 Å². The molecule has 0 amide bonds. The maximum Gasteiger partial charge on any atom is 0.230 e. The van der Waals surface area contributed by atoms with E-state index in [2.05, 4.69) is 0 Å². The summed E-state index contributed by atoms with van der Waals surface area (Å²) in [5.41, 5.74) is -1.31. The zero-order valence-corrected chi connectivity index (χ0v) is 22.4. The van der Waals surface area contributed by atoms with Gasteiger partial charge in [0.15, 0.2) is 40.7 Å². The van der Waals surface area contributed by atoms with Crippen LogP contribution in [0.15, 0.2) is 39.5 Å². The number of phenols is 4. The van der Waals surface area contributed by atoms with E-state index in [4.69, 9.17) is 23.4 Å². The SMILES string of the molecule is O=c1cc(-c2ccc(O)c(O)c2)oc2c(OC3OC(CO)C(O)C(O)C3OC3OC(CO)C(O)C(O)C3O)c(O)cc(O)c12. The van der Waals surface area contributed by atoms with E-state index in [1.54, 1.807) is 0 Å². The monoisotopic (exact) mass is 626 g/mol. The first kappa shape index (κ1) is 31.7. The molecule has 17 nitrogen and oxygen atoms in total. The fourth-order valence-electron chi connectivity index (χ4n) is 4.96. The largest absolute Gasteiger partial charge is 0.507 e. The highest BCUT2D eigenvalue weighted by molar-refractivity contribution is 5.91. The van der Waals surface area contributed by atoms with Crippen LogP contribution in [0.4, 0.5) is 0 Å².